The first kappa shape index (κ1) is 22.6. The minimum atomic E-state index is -1.07. The summed E-state index contributed by atoms with van der Waals surface area (Å²) in [7, 11) is -2.13. The van der Waals surface area contributed by atoms with Crippen molar-refractivity contribution in [1.29, 1.82) is 0 Å². The van der Waals surface area contributed by atoms with E-state index in [4.69, 9.17) is 0 Å². The molecule has 2 rings (SSSR count). The molecule has 2 saturated heterocycles. The molecule has 0 aliphatic carbocycles. The van der Waals surface area contributed by atoms with Crippen LogP contribution in [0.2, 0.25) is 39.3 Å². The van der Waals surface area contributed by atoms with Crippen LogP contribution in [0.25, 0.3) is 0 Å². The fourth-order valence-corrected chi connectivity index (χ4v) is 7.39. The molecule has 0 N–H and O–H groups in total. The van der Waals surface area contributed by atoms with E-state index in [1.165, 1.54) is 91.1 Å². The molecule has 0 aromatic rings. The molecule has 2 fully saturated rings. The summed E-state index contributed by atoms with van der Waals surface area (Å²) in [5.74, 6) is 0. The fraction of sp³-hybridized carbons (Fsp3) is 1.00. The number of unbranched alkanes of at least 4 members (excludes halogenated alkanes) is 3. The Morgan fingerprint density at radius 1 is 0.462 bits per heavy atom. The van der Waals surface area contributed by atoms with Crippen LogP contribution in [0.3, 0.4) is 0 Å². The first-order valence-electron chi connectivity index (χ1n) is 11.1. The molecule has 154 valence electrons. The highest BCUT2D eigenvalue weighted by Crippen LogP contribution is 2.15. The minimum Gasteiger partial charge on any atom is -0.321 e. The Balaban J connectivity index is 1.46. The van der Waals surface area contributed by atoms with Gasteiger partial charge in [0.15, 0.2) is 0 Å². The molecule has 0 saturated carbocycles. The molecular weight excluding hydrogens is 352 g/mol. The van der Waals surface area contributed by atoms with Gasteiger partial charge in [0.2, 0.25) is 0 Å². The Hall–Kier alpha value is 0.274. The van der Waals surface area contributed by atoms with Crippen molar-refractivity contribution >= 4 is 16.5 Å². The van der Waals surface area contributed by atoms with Crippen molar-refractivity contribution in [2.45, 2.75) is 65.0 Å². The summed E-state index contributed by atoms with van der Waals surface area (Å²) in [6.45, 7) is 27.9. The highest BCUT2D eigenvalue weighted by atomic mass is 28.3. The van der Waals surface area contributed by atoms with Crippen molar-refractivity contribution in [2.24, 2.45) is 0 Å². The molecule has 2 aliphatic heterocycles. The standard InChI is InChI=1S/C20H46N4Si2/c1-25(2,3)23-17-13-21(14-18-23)11-9-7-8-10-12-22-15-19-24(20-16-22)26(4,5)6/h7-20H2,1-6H3. The van der Waals surface area contributed by atoms with Crippen molar-refractivity contribution in [1.82, 2.24) is 18.9 Å². The van der Waals surface area contributed by atoms with Crippen molar-refractivity contribution in [3.63, 3.8) is 0 Å². The molecule has 0 bridgehead atoms. The summed E-state index contributed by atoms with van der Waals surface area (Å²) in [4.78, 5) is 5.40. The maximum Gasteiger partial charge on any atom is 0.119 e. The van der Waals surface area contributed by atoms with E-state index < -0.39 is 16.5 Å². The molecular formula is C20H46N4Si2. The van der Waals surface area contributed by atoms with Crippen molar-refractivity contribution in [3.05, 3.63) is 0 Å². The second-order valence-electron chi connectivity index (χ2n) is 10.4. The molecule has 6 heteroatoms. The van der Waals surface area contributed by atoms with Gasteiger partial charge >= 0.3 is 0 Å². The first-order valence-corrected chi connectivity index (χ1v) is 18.0. The first-order chi connectivity index (χ1) is 12.2. The van der Waals surface area contributed by atoms with Crippen LogP contribution < -0.4 is 0 Å². The van der Waals surface area contributed by atoms with Gasteiger partial charge in [0, 0.05) is 52.4 Å². The predicted molar refractivity (Wildman–Crippen MR) is 121 cm³/mol. The lowest BCUT2D eigenvalue weighted by molar-refractivity contribution is 0.175. The lowest BCUT2D eigenvalue weighted by Crippen LogP contribution is -2.56. The monoisotopic (exact) mass is 398 g/mol. The van der Waals surface area contributed by atoms with Crippen LogP contribution >= 0.6 is 0 Å². The third-order valence-corrected chi connectivity index (χ3v) is 11.0. The maximum absolute atomic E-state index is 2.77. The summed E-state index contributed by atoms with van der Waals surface area (Å²) in [5.41, 5.74) is 0. The molecule has 0 atom stereocenters. The summed E-state index contributed by atoms with van der Waals surface area (Å²) < 4.78 is 5.54. The zero-order valence-electron chi connectivity index (χ0n) is 18.7. The van der Waals surface area contributed by atoms with Gasteiger partial charge in [-0.2, -0.15) is 0 Å². The smallest absolute Gasteiger partial charge is 0.119 e. The van der Waals surface area contributed by atoms with Gasteiger partial charge < -0.3 is 18.9 Å². The SMILES string of the molecule is C[Si](C)(C)N1CCN(CCCCCCN2CCN([Si](C)(C)C)CC2)CC1. The quantitative estimate of drug-likeness (QED) is 0.435. The number of rotatable bonds is 9. The third-order valence-electron chi connectivity index (χ3n) is 6.34. The zero-order valence-corrected chi connectivity index (χ0v) is 20.7. The summed E-state index contributed by atoms with van der Waals surface area (Å²) in [6, 6.07) is 0. The summed E-state index contributed by atoms with van der Waals surface area (Å²) >= 11 is 0. The van der Waals surface area contributed by atoms with Gasteiger partial charge in [-0.1, -0.05) is 52.1 Å². The van der Waals surface area contributed by atoms with E-state index in [1.54, 1.807) is 0 Å². The van der Waals surface area contributed by atoms with E-state index in [2.05, 4.69) is 58.2 Å². The molecule has 0 radical (unpaired) electrons. The molecule has 0 aromatic carbocycles. The van der Waals surface area contributed by atoms with Gasteiger partial charge in [0.1, 0.15) is 16.5 Å². The number of hydrogen-bond donors (Lipinski definition) is 0. The Bertz CT molecular complexity index is 352. The Morgan fingerprint density at radius 2 is 0.769 bits per heavy atom. The molecule has 2 aliphatic rings. The van der Waals surface area contributed by atoms with Gasteiger partial charge in [-0.25, -0.2) is 0 Å². The van der Waals surface area contributed by atoms with Crippen LogP contribution in [0.1, 0.15) is 25.7 Å². The van der Waals surface area contributed by atoms with Crippen molar-refractivity contribution in [2.75, 3.05) is 65.4 Å². The molecule has 2 heterocycles. The second kappa shape index (κ2) is 10.2. The Labute approximate surface area is 166 Å². The van der Waals surface area contributed by atoms with Crippen molar-refractivity contribution in [3.8, 4) is 0 Å². The zero-order chi connectivity index (χ0) is 19.2. The molecule has 0 spiro atoms. The van der Waals surface area contributed by atoms with Crippen molar-refractivity contribution < 1.29 is 0 Å². The molecule has 0 amide bonds. The van der Waals surface area contributed by atoms with Crippen LogP contribution in [-0.4, -0.2) is 101 Å². The molecule has 0 aromatic heterocycles. The highest BCUT2D eigenvalue weighted by molar-refractivity contribution is 6.73. The van der Waals surface area contributed by atoms with Gasteiger partial charge in [0.05, 0.1) is 0 Å². The highest BCUT2D eigenvalue weighted by Gasteiger charge is 2.28. The third kappa shape index (κ3) is 7.72. The van der Waals surface area contributed by atoms with E-state index in [1.807, 2.05) is 0 Å². The van der Waals surface area contributed by atoms with E-state index in [0.717, 1.165) is 0 Å². The topological polar surface area (TPSA) is 13.0 Å². The minimum absolute atomic E-state index is 1.07. The van der Waals surface area contributed by atoms with Crippen LogP contribution in [0.15, 0.2) is 0 Å². The Kier molecular flexibility index (Phi) is 8.82. The summed E-state index contributed by atoms with van der Waals surface area (Å²) in [6.07, 6.45) is 5.64. The van der Waals surface area contributed by atoms with Crippen LogP contribution in [0.4, 0.5) is 0 Å². The average molecular weight is 399 g/mol. The molecule has 4 nitrogen and oxygen atoms in total. The normalized spacial score (nSPS) is 22.8. The van der Waals surface area contributed by atoms with E-state index in [0.29, 0.717) is 0 Å². The van der Waals surface area contributed by atoms with Crippen LogP contribution in [-0.2, 0) is 0 Å². The lowest BCUT2D eigenvalue weighted by Gasteiger charge is -2.41. The number of piperazine rings is 2. The maximum atomic E-state index is 2.77. The molecule has 26 heavy (non-hydrogen) atoms. The van der Waals surface area contributed by atoms with Gasteiger partial charge in [-0.15, -0.1) is 0 Å². The largest absolute Gasteiger partial charge is 0.321 e. The van der Waals surface area contributed by atoms with Gasteiger partial charge in [-0.05, 0) is 25.9 Å². The van der Waals surface area contributed by atoms with E-state index >= 15 is 0 Å². The van der Waals surface area contributed by atoms with Gasteiger partial charge in [0.25, 0.3) is 0 Å². The van der Waals surface area contributed by atoms with Crippen LogP contribution in [0, 0.1) is 0 Å². The lowest BCUT2D eigenvalue weighted by atomic mass is 10.1. The number of nitrogens with zero attached hydrogens (tertiary/aromatic N) is 4. The van der Waals surface area contributed by atoms with Gasteiger partial charge in [-0.3, -0.25) is 0 Å². The summed E-state index contributed by atoms with van der Waals surface area (Å²) in [5, 5.41) is 0. The fourth-order valence-electron chi connectivity index (χ4n) is 4.31. The van der Waals surface area contributed by atoms with E-state index in [-0.39, 0.29) is 0 Å². The van der Waals surface area contributed by atoms with Crippen LogP contribution in [0.5, 0.6) is 0 Å². The predicted octanol–water partition coefficient (Wildman–Crippen LogP) is 3.45. The second-order valence-corrected chi connectivity index (χ2v) is 20.4. The molecule has 0 unspecified atom stereocenters. The van der Waals surface area contributed by atoms with E-state index in [9.17, 15) is 0 Å². The average Bonchev–Trinajstić information content (AvgIpc) is 2.57. The Morgan fingerprint density at radius 3 is 1.04 bits per heavy atom. The number of hydrogen-bond acceptors (Lipinski definition) is 4.